The predicted molar refractivity (Wildman–Crippen MR) is 101 cm³/mol. The van der Waals surface area contributed by atoms with E-state index in [0.717, 1.165) is 33.7 Å². The van der Waals surface area contributed by atoms with Crippen molar-refractivity contribution in [1.82, 2.24) is 0 Å². The van der Waals surface area contributed by atoms with E-state index >= 15 is 0 Å². The van der Waals surface area contributed by atoms with Crippen LogP contribution in [0.5, 0.6) is 0 Å². The van der Waals surface area contributed by atoms with Crippen molar-refractivity contribution in [2.24, 2.45) is 28.1 Å². The van der Waals surface area contributed by atoms with Gasteiger partial charge in [0.1, 0.15) is 0 Å². The molecule has 0 radical (unpaired) electrons. The summed E-state index contributed by atoms with van der Waals surface area (Å²) in [4.78, 5) is 0. The number of hydrogen-bond donors (Lipinski definition) is 2. The summed E-state index contributed by atoms with van der Waals surface area (Å²) in [6.45, 7) is 20.3. The molecule has 0 heterocycles. The molecule has 1 unspecified atom stereocenters. The molecule has 0 aliphatic rings. The molecule has 0 spiro atoms. The molecule has 4 nitrogen and oxygen atoms in total. The van der Waals surface area contributed by atoms with E-state index in [1.54, 1.807) is 0 Å². The second-order valence-corrected chi connectivity index (χ2v) is 9.70. The first kappa shape index (κ1) is 23.2. The molecule has 0 fully saturated rings. The molecule has 5 heteroatoms. The molecule has 0 rings (SSSR count). The van der Waals surface area contributed by atoms with Gasteiger partial charge < -0.3 is 10.4 Å². The van der Waals surface area contributed by atoms with Crippen molar-refractivity contribution in [1.29, 1.82) is 0 Å². The highest BCUT2D eigenvalue weighted by Crippen LogP contribution is 2.33. The van der Waals surface area contributed by atoms with Crippen LogP contribution in [-0.2, 0) is 0 Å². The van der Waals surface area contributed by atoms with Crippen LogP contribution in [0.1, 0.15) is 61.8 Å². The molecular weight excluding hydrogens is 292 g/mol. The summed E-state index contributed by atoms with van der Waals surface area (Å²) in [7, 11) is 0.985. The van der Waals surface area contributed by atoms with Gasteiger partial charge in [-0.1, -0.05) is 64.4 Å². The zero-order valence-electron chi connectivity index (χ0n) is 15.9. The molecular formula is C17H36N2O2Si. The largest absolute Gasteiger partial charge is 0.411 e. The third-order valence-electron chi connectivity index (χ3n) is 3.39. The minimum Gasteiger partial charge on any atom is -0.411 e. The molecule has 0 aromatic rings. The van der Waals surface area contributed by atoms with Crippen molar-refractivity contribution >= 4 is 21.7 Å². The average Bonchev–Trinajstić information content (AvgIpc) is 2.26. The maximum absolute atomic E-state index is 8.93. The summed E-state index contributed by atoms with van der Waals surface area (Å²) < 4.78 is 0. The topological polar surface area (TPSA) is 65.2 Å². The third-order valence-corrected chi connectivity index (χ3v) is 4.26. The molecule has 0 aliphatic heterocycles. The van der Waals surface area contributed by atoms with Crippen LogP contribution in [0.15, 0.2) is 22.5 Å². The third kappa shape index (κ3) is 9.03. The predicted octanol–water partition coefficient (Wildman–Crippen LogP) is 4.11. The van der Waals surface area contributed by atoms with Crippen molar-refractivity contribution in [3.63, 3.8) is 0 Å². The Balaban J connectivity index is 0. The maximum Gasteiger partial charge on any atom is 0.0621 e. The molecule has 0 bridgehead atoms. The normalized spacial score (nSPS) is 14.6. The van der Waals surface area contributed by atoms with Crippen molar-refractivity contribution in [2.45, 2.75) is 66.8 Å². The van der Waals surface area contributed by atoms with E-state index in [0.29, 0.717) is 17.8 Å². The van der Waals surface area contributed by atoms with Crippen LogP contribution >= 0.6 is 0 Å². The lowest BCUT2D eigenvalue weighted by molar-refractivity contribution is 0.311. The Morgan fingerprint density at radius 2 is 1.41 bits per heavy atom. The number of oxime groups is 2. The first-order chi connectivity index (χ1) is 9.90. The molecule has 0 aliphatic carbocycles. The van der Waals surface area contributed by atoms with E-state index in [1.165, 1.54) is 0 Å². The zero-order valence-corrected chi connectivity index (χ0v) is 17.9. The SMILES string of the molecule is C=C(C)CC(C)([SiH3])C(=NO)C(C)C.CC(C)C(=NO)C(C)C. The number of allylic oxidation sites excluding steroid dienone is 1. The highest BCUT2D eigenvalue weighted by molar-refractivity contribution is 6.29. The first-order valence-electron chi connectivity index (χ1n) is 7.99. The van der Waals surface area contributed by atoms with E-state index in [9.17, 15) is 0 Å². The van der Waals surface area contributed by atoms with Gasteiger partial charge in [0.2, 0.25) is 0 Å². The summed E-state index contributed by atoms with van der Waals surface area (Å²) in [5.41, 5.74) is 2.93. The van der Waals surface area contributed by atoms with Gasteiger partial charge >= 0.3 is 0 Å². The van der Waals surface area contributed by atoms with E-state index in [2.05, 4.69) is 37.7 Å². The molecule has 0 saturated carbocycles. The molecule has 22 heavy (non-hydrogen) atoms. The van der Waals surface area contributed by atoms with Gasteiger partial charge in [-0.15, -0.1) is 6.58 Å². The fraction of sp³-hybridized carbons (Fsp3) is 0.765. The molecule has 130 valence electrons. The van der Waals surface area contributed by atoms with Crippen molar-refractivity contribution < 1.29 is 10.4 Å². The second kappa shape index (κ2) is 10.6. The molecule has 2 N–H and O–H groups in total. The van der Waals surface area contributed by atoms with Crippen molar-refractivity contribution in [2.75, 3.05) is 0 Å². The minimum absolute atomic E-state index is 0.0503. The second-order valence-electron chi connectivity index (χ2n) is 7.49. The average molecular weight is 329 g/mol. The van der Waals surface area contributed by atoms with Crippen LogP contribution in [0.3, 0.4) is 0 Å². The van der Waals surface area contributed by atoms with Gasteiger partial charge in [0.05, 0.1) is 11.4 Å². The smallest absolute Gasteiger partial charge is 0.0621 e. The van der Waals surface area contributed by atoms with Crippen LogP contribution in [-0.4, -0.2) is 32.1 Å². The van der Waals surface area contributed by atoms with Gasteiger partial charge in [0.25, 0.3) is 0 Å². The number of rotatable bonds is 6. The minimum atomic E-state index is 0.0503. The van der Waals surface area contributed by atoms with Crippen molar-refractivity contribution in [3.8, 4) is 0 Å². The van der Waals surface area contributed by atoms with Gasteiger partial charge in [0, 0.05) is 10.2 Å². The van der Waals surface area contributed by atoms with Crippen LogP contribution in [0.2, 0.25) is 5.04 Å². The molecule has 0 amide bonds. The Bertz CT molecular complexity index is 387. The molecule has 1 atom stereocenters. The monoisotopic (exact) mass is 328 g/mol. The van der Waals surface area contributed by atoms with Gasteiger partial charge in [-0.25, -0.2) is 0 Å². The lowest BCUT2D eigenvalue weighted by Crippen LogP contribution is -2.26. The van der Waals surface area contributed by atoms with E-state index in [1.807, 2.05) is 34.6 Å². The van der Waals surface area contributed by atoms with Gasteiger partial charge in [-0.3, -0.25) is 0 Å². The Labute approximate surface area is 139 Å². The Morgan fingerprint density at radius 3 is 1.55 bits per heavy atom. The lowest BCUT2D eigenvalue weighted by atomic mass is 9.90. The Morgan fingerprint density at radius 1 is 1.00 bits per heavy atom. The van der Waals surface area contributed by atoms with Crippen LogP contribution in [0.25, 0.3) is 0 Å². The van der Waals surface area contributed by atoms with E-state index in [-0.39, 0.29) is 5.04 Å². The van der Waals surface area contributed by atoms with Gasteiger partial charge in [-0.2, -0.15) is 0 Å². The fourth-order valence-corrected chi connectivity index (χ4v) is 4.06. The van der Waals surface area contributed by atoms with Crippen LogP contribution in [0, 0.1) is 17.8 Å². The van der Waals surface area contributed by atoms with Crippen LogP contribution < -0.4 is 0 Å². The highest BCUT2D eigenvalue weighted by Gasteiger charge is 2.27. The summed E-state index contributed by atoms with van der Waals surface area (Å²) in [6.07, 6.45) is 0.927. The summed E-state index contributed by atoms with van der Waals surface area (Å²) in [5.74, 6) is 1.02. The first-order valence-corrected chi connectivity index (χ1v) is 8.99. The number of nitrogens with zero attached hydrogens (tertiary/aromatic N) is 2. The van der Waals surface area contributed by atoms with Gasteiger partial charge in [-0.05, 0) is 36.1 Å². The lowest BCUT2D eigenvalue weighted by Gasteiger charge is -2.28. The Hall–Kier alpha value is -1.10. The fourth-order valence-electron chi connectivity index (χ4n) is 2.77. The molecule has 0 saturated heterocycles. The standard InChI is InChI=1S/C10H21NOSi.C7H15NO/c1-7(2)6-10(5,13)9(11-12)8(3)4;1-5(2)7(8-9)6(3)4/h8,12H,1,6H2,2-5,13H3;5-6,9H,1-4H3. The maximum atomic E-state index is 8.93. The van der Waals surface area contributed by atoms with Crippen LogP contribution in [0.4, 0.5) is 0 Å². The van der Waals surface area contributed by atoms with E-state index in [4.69, 9.17) is 10.4 Å². The van der Waals surface area contributed by atoms with Gasteiger partial charge in [0.15, 0.2) is 0 Å². The Kier molecular flexibility index (Phi) is 11.2. The van der Waals surface area contributed by atoms with E-state index < -0.39 is 0 Å². The summed E-state index contributed by atoms with van der Waals surface area (Å²) >= 11 is 0. The van der Waals surface area contributed by atoms with Crippen molar-refractivity contribution in [3.05, 3.63) is 12.2 Å². The highest BCUT2D eigenvalue weighted by atomic mass is 28.1. The molecule has 0 aromatic carbocycles. The quantitative estimate of drug-likeness (QED) is 0.253. The zero-order chi connectivity index (χ0) is 18.1. The molecule has 0 aromatic heterocycles. The summed E-state index contributed by atoms with van der Waals surface area (Å²) in [6, 6.07) is 0. The number of hydrogen-bond acceptors (Lipinski definition) is 4. The summed E-state index contributed by atoms with van der Waals surface area (Å²) in [5, 5.41) is 24.1.